The van der Waals surface area contributed by atoms with Gasteiger partial charge in [-0.05, 0) is 103 Å². The van der Waals surface area contributed by atoms with Crippen LogP contribution in [0.15, 0.2) is 66.2 Å². The second kappa shape index (κ2) is 11.1. The minimum atomic E-state index is -1.21. The van der Waals surface area contributed by atoms with Gasteiger partial charge in [0, 0.05) is 35.8 Å². The zero-order valence-corrected chi connectivity index (χ0v) is 34.6. The van der Waals surface area contributed by atoms with Crippen molar-refractivity contribution in [1.82, 2.24) is 0 Å². The number of anilines is 3. The van der Waals surface area contributed by atoms with Crippen LogP contribution in [-0.2, 0) is 31.9 Å². The Kier molecular flexibility index (Phi) is 7.42. The molecule has 4 nitrogen and oxygen atoms in total. The number of nitriles is 1. The molecule has 0 saturated carbocycles. The summed E-state index contributed by atoms with van der Waals surface area (Å²) >= 11 is 3.27. The lowest BCUT2D eigenvalue weighted by Gasteiger charge is -2.55. The van der Waals surface area contributed by atoms with E-state index in [1.54, 1.807) is 17.4 Å². The van der Waals surface area contributed by atoms with Gasteiger partial charge in [0.05, 0.1) is 17.1 Å². The number of aliphatic carboxylic acids is 1. The fraction of sp³-hybridized carbons (Fsp3) is 0.362. The fourth-order valence-electron chi connectivity index (χ4n) is 8.74. The van der Waals surface area contributed by atoms with Crippen LogP contribution in [0.25, 0.3) is 26.3 Å². The number of nitrogens with zero attached hydrogens (tertiary/aromatic N) is 2. The van der Waals surface area contributed by atoms with Crippen LogP contribution < -0.4 is 4.90 Å². The van der Waals surface area contributed by atoms with Gasteiger partial charge in [0.25, 0.3) is 0 Å². The third kappa shape index (κ3) is 5.07. The molecule has 0 radical (unpaired) electrons. The standard InChI is InChI=1S/C47H48N2O2S2/c1-43(2,3)27-20-32-40-34(22-27)47(11,12)35-23-28(44(4,5)6)21-33-41(35)49(40)39-30(45(32,7)8)18-25(19-31(39)46(33,9)10)36-15-16-38(53-36)37-14-13-29(52-37)17-26(24-48)42(50)51/h13-23H,1-12H3,(H,50,51)/b26-17+. The van der Waals surface area contributed by atoms with E-state index >= 15 is 0 Å². The Morgan fingerprint density at radius 3 is 1.42 bits per heavy atom. The van der Waals surface area contributed by atoms with Gasteiger partial charge in [-0.2, -0.15) is 5.26 Å². The zero-order valence-electron chi connectivity index (χ0n) is 32.9. The number of hydrogen-bond donors (Lipinski definition) is 1. The maximum atomic E-state index is 11.5. The summed E-state index contributed by atoms with van der Waals surface area (Å²) in [5.41, 5.74) is 15.4. The molecule has 0 amide bonds. The molecule has 1 N–H and O–H groups in total. The van der Waals surface area contributed by atoms with E-state index in [2.05, 4.69) is 137 Å². The van der Waals surface area contributed by atoms with E-state index in [0.29, 0.717) is 0 Å². The van der Waals surface area contributed by atoms with Crippen molar-refractivity contribution >= 4 is 51.8 Å². The molecule has 0 atom stereocenters. The van der Waals surface area contributed by atoms with Gasteiger partial charge in [-0.25, -0.2) is 4.79 Å². The lowest BCUT2D eigenvalue weighted by Crippen LogP contribution is -2.44. The number of benzene rings is 3. The van der Waals surface area contributed by atoms with Crippen molar-refractivity contribution in [3.8, 4) is 26.3 Å². The first-order chi connectivity index (χ1) is 24.6. The summed E-state index contributed by atoms with van der Waals surface area (Å²) in [6.07, 6.45) is 1.45. The Hall–Kier alpha value is -4.44. The summed E-state index contributed by atoms with van der Waals surface area (Å²) in [4.78, 5) is 18.2. The molecule has 0 aliphatic carbocycles. The van der Waals surface area contributed by atoms with Crippen molar-refractivity contribution in [2.24, 2.45) is 0 Å². The van der Waals surface area contributed by atoms with Crippen LogP contribution in [0.4, 0.5) is 17.1 Å². The molecule has 8 rings (SSSR count). The van der Waals surface area contributed by atoms with Gasteiger partial charge in [0.2, 0.25) is 0 Å². The van der Waals surface area contributed by atoms with Crippen LogP contribution in [-0.4, -0.2) is 11.1 Å². The number of carboxylic acids is 1. The monoisotopic (exact) mass is 736 g/mol. The molecule has 0 unspecified atom stereocenters. The minimum absolute atomic E-state index is 0.0117. The number of carbonyl (C=O) groups is 1. The van der Waals surface area contributed by atoms with Crippen LogP contribution in [0.1, 0.15) is 132 Å². The third-order valence-electron chi connectivity index (χ3n) is 12.2. The van der Waals surface area contributed by atoms with E-state index in [4.69, 9.17) is 0 Å². The molecule has 6 heteroatoms. The number of thiophene rings is 2. The summed E-state index contributed by atoms with van der Waals surface area (Å²) < 4.78 is 0. The Morgan fingerprint density at radius 1 is 0.642 bits per heavy atom. The van der Waals surface area contributed by atoms with Crippen molar-refractivity contribution in [1.29, 1.82) is 5.26 Å². The number of hydrogen-bond acceptors (Lipinski definition) is 5. The van der Waals surface area contributed by atoms with Gasteiger partial charge in [-0.3, -0.25) is 0 Å². The van der Waals surface area contributed by atoms with Crippen LogP contribution in [0.5, 0.6) is 0 Å². The highest BCUT2D eigenvalue weighted by Gasteiger charge is 2.52. The van der Waals surface area contributed by atoms with E-state index in [1.807, 2.05) is 12.1 Å². The maximum Gasteiger partial charge on any atom is 0.346 e. The van der Waals surface area contributed by atoms with E-state index in [1.165, 1.54) is 89.4 Å². The van der Waals surface area contributed by atoms with Crippen molar-refractivity contribution in [2.75, 3.05) is 4.90 Å². The SMILES string of the molecule is CC(C)(C)c1cc2c3c(c1)C(C)(C)c1cc(C(C)(C)C)cc4c1N3c1c(cc(-c3ccc(-c5ccc(/C=C(\C#N)C(=O)O)s5)s3)cc1C4(C)C)C2(C)C. The molecular formula is C47H48N2O2S2. The van der Waals surface area contributed by atoms with Gasteiger partial charge in [-0.15, -0.1) is 22.7 Å². The molecule has 270 valence electrons. The van der Waals surface area contributed by atoms with Crippen molar-refractivity contribution in [2.45, 2.75) is 110 Å². The molecular weight excluding hydrogens is 689 g/mol. The second-order valence-electron chi connectivity index (χ2n) is 18.8. The molecule has 3 aliphatic heterocycles. The summed E-state index contributed by atoms with van der Waals surface area (Å²) in [7, 11) is 0. The molecule has 3 aliphatic rings. The molecule has 0 saturated heterocycles. The van der Waals surface area contributed by atoms with Gasteiger partial charge >= 0.3 is 5.97 Å². The first-order valence-corrected chi connectivity index (χ1v) is 20.1. The Balaban J connectivity index is 1.39. The normalized spacial score (nSPS) is 17.3. The molecule has 0 bridgehead atoms. The fourth-order valence-corrected chi connectivity index (χ4v) is 10.8. The predicted molar refractivity (Wildman–Crippen MR) is 223 cm³/mol. The lowest BCUT2D eigenvalue weighted by molar-refractivity contribution is -0.132. The van der Waals surface area contributed by atoms with E-state index in [0.717, 1.165) is 14.6 Å². The molecule has 53 heavy (non-hydrogen) atoms. The quantitative estimate of drug-likeness (QED) is 0.147. The summed E-state index contributed by atoms with van der Waals surface area (Å²) in [5, 5.41) is 18.7. The summed E-state index contributed by atoms with van der Waals surface area (Å²) in [5.74, 6) is -1.21. The molecule has 0 spiro atoms. The van der Waals surface area contributed by atoms with Crippen molar-refractivity contribution in [3.05, 3.63) is 116 Å². The first-order valence-electron chi connectivity index (χ1n) is 18.5. The highest BCUT2D eigenvalue weighted by Crippen LogP contribution is 2.67. The average Bonchev–Trinajstić information content (AvgIpc) is 3.75. The smallest absolute Gasteiger partial charge is 0.346 e. The number of rotatable bonds is 4. The summed E-state index contributed by atoms with van der Waals surface area (Å²) in [6, 6.07) is 25.1. The van der Waals surface area contributed by atoms with Gasteiger partial charge in [0.15, 0.2) is 0 Å². The van der Waals surface area contributed by atoms with E-state index in [-0.39, 0.29) is 32.6 Å². The first kappa shape index (κ1) is 35.6. The molecule has 5 aromatic rings. The van der Waals surface area contributed by atoms with Crippen LogP contribution in [0.3, 0.4) is 0 Å². The predicted octanol–water partition coefficient (Wildman–Crippen LogP) is 13.1. The van der Waals surface area contributed by atoms with Crippen LogP contribution in [0.2, 0.25) is 0 Å². The molecule has 2 aromatic heterocycles. The van der Waals surface area contributed by atoms with Gasteiger partial charge < -0.3 is 10.0 Å². The zero-order chi connectivity index (χ0) is 38.4. The summed E-state index contributed by atoms with van der Waals surface area (Å²) in [6.45, 7) is 28.6. The van der Waals surface area contributed by atoms with Crippen LogP contribution >= 0.6 is 22.7 Å². The van der Waals surface area contributed by atoms with Crippen molar-refractivity contribution in [3.63, 3.8) is 0 Å². The second-order valence-corrected chi connectivity index (χ2v) is 21.0. The van der Waals surface area contributed by atoms with E-state index < -0.39 is 5.97 Å². The Bertz CT molecular complexity index is 2390. The topological polar surface area (TPSA) is 64.3 Å². The lowest BCUT2D eigenvalue weighted by atomic mass is 9.59. The van der Waals surface area contributed by atoms with Crippen LogP contribution in [0, 0.1) is 11.3 Å². The average molecular weight is 737 g/mol. The largest absolute Gasteiger partial charge is 0.477 e. The Labute approximate surface area is 322 Å². The maximum absolute atomic E-state index is 11.5. The molecule has 0 fully saturated rings. The number of carboxylic acid groups (broad SMARTS) is 1. The molecule has 3 aromatic carbocycles. The third-order valence-corrected chi connectivity index (χ3v) is 14.5. The highest BCUT2D eigenvalue weighted by atomic mass is 32.1. The van der Waals surface area contributed by atoms with Crippen molar-refractivity contribution < 1.29 is 9.90 Å². The minimum Gasteiger partial charge on any atom is -0.477 e. The molecule has 5 heterocycles. The van der Waals surface area contributed by atoms with Gasteiger partial charge in [0.1, 0.15) is 11.6 Å². The Morgan fingerprint density at radius 2 is 1.02 bits per heavy atom. The van der Waals surface area contributed by atoms with Gasteiger partial charge in [-0.1, -0.05) is 107 Å². The highest BCUT2D eigenvalue weighted by molar-refractivity contribution is 7.24. The van der Waals surface area contributed by atoms with E-state index in [9.17, 15) is 15.2 Å².